The number of ketones is 1. The van der Waals surface area contributed by atoms with Crippen molar-refractivity contribution >= 4 is 23.3 Å². The molecule has 146 valence electrons. The van der Waals surface area contributed by atoms with Gasteiger partial charge in [0, 0.05) is 24.4 Å². The van der Waals surface area contributed by atoms with Gasteiger partial charge in [0.05, 0.1) is 25.6 Å². The van der Waals surface area contributed by atoms with Gasteiger partial charge in [-0.1, -0.05) is 23.7 Å². The van der Waals surface area contributed by atoms with Gasteiger partial charge in [-0.2, -0.15) is 0 Å². The Morgan fingerprint density at radius 1 is 1.25 bits per heavy atom. The topological polar surface area (TPSA) is 55.8 Å². The Hall–Kier alpha value is -2.53. The SMILES string of the molecule is COc1ccc2c(c1)C(=O)CC1(CCN(C(=O)CCc3ccc(Cl)cc3)C1)O2. The van der Waals surface area contributed by atoms with Gasteiger partial charge in [0.15, 0.2) is 5.78 Å². The number of likely N-dealkylation sites (tertiary alicyclic amines) is 1. The molecule has 4 rings (SSSR count). The van der Waals surface area contributed by atoms with Crippen LogP contribution in [0.1, 0.15) is 35.2 Å². The minimum absolute atomic E-state index is 0.0376. The molecule has 1 amide bonds. The third kappa shape index (κ3) is 3.72. The van der Waals surface area contributed by atoms with E-state index < -0.39 is 5.60 Å². The van der Waals surface area contributed by atoms with Crippen LogP contribution in [0.25, 0.3) is 0 Å². The van der Waals surface area contributed by atoms with E-state index in [1.165, 1.54) is 0 Å². The van der Waals surface area contributed by atoms with E-state index in [0.717, 1.165) is 5.56 Å². The Balaban J connectivity index is 1.41. The second kappa shape index (κ2) is 7.47. The van der Waals surface area contributed by atoms with Gasteiger partial charge in [-0.25, -0.2) is 0 Å². The minimum atomic E-state index is -0.616. The molecule has 0 bridgehead atoms. The zero-order valence-electron chi connectivity index (χ0n) is 15.7. The normalized spacial score (nSPS) is 20.8. The van der Waals surface area contributed by atoms with Crippen LogP contribution in [-0.4, -0.2) is 42.4 Å². The lowest BCUT2D eigenvalue weighted by Gasteiger charge is -2.34. The fraction of sp³-hybridized carbons (Fsp3) is 0.364. The number of rotatable bonds is 4. The van der Waals surface area contributed by atoms with Crippen molar-refractivity contribution < 1.29 is 19.1 Å². The quantitative estimate of drug-likeness (QED) is 0.782. The van der Waals surface area contributed by atoms with E-state index in [4.69, 9.17) is 21.1 Å². The molecule has 0 N–H and O–H groups in total. The average molecular weight is 400 g/mol. The number of halogens is 1. The van der Waals surface area contributed by atoms with Crippen LogP contribution in [-0.2, 0) is 11.2 Å². The molecule has 1 saturated heterocycles. The second-order valence-electron chi connectivity index (χ2n) is 7.44. The number of aryl methyl sites for hydroxylation is 1. The molecule has 2 heterocycles. The molecule has 2 aromatic carbocycles. The van der Waals surface area contributed by atoms with Crippen LogP contribution in [0.3, 0.4) is 0 Å². The molecule has 0 aliphatic carbocycles. The van der Waals surface area contributed by atoms with Crippen molar-refractivity contribution in [2.75, 3.05) is 20.2 Å². The summed E-state index contributed by atoms with van der Waals surface area (Å²) >= 11 is 5.90. The first kappa shape index (κ1) is 18.8. The summed E-state index contributed by atoms with van der Waals surface area (Å²) < 4.78 is 11.4. The van der Waals surface area contributed by atoms with Gasteiger partial charge in [0.2, 0.25) is 5.91 Å². The van der Waals surface area contributed by atoms with Gasteiger partial charge in [0.1, 0.15) is 17.1 Å². The highest BCUT2D eigenvalue weighted by atomic mass is 35.5. The largest absolute Gasteiger partial charge is 0.497 e. The summed E-state index contributed by atoms with van der Waals surface area (Å²) in [6, 6.07) is 12.8. The number of Topliss-reactive ketones (excluding diaryl/α,β-unsaturated/α-hetero) is 1. The molecule has 6 heteroatoms. The van der Waals surface area contributed by atoms with E-state index in [1.54, 1.807) is 25.3 Å². The lowest BCUT2D eigenvalue weighted by molar-refractivity contribution is -0.130. The van der Waals surface area contributed by atoms with Crippen LogP contribution in [0, 0.1) is 0 Å². The first-order valence-electron chi connectivity index (χ1n) is 9.40. The number of carbonyl (C=O) groups is 2. The number of amides is 1. The number of methoxy groups -OCH3 is 1. The first-order chi connectivity index (χ1) is 13.5. The van der Waals surface area contributed by atoms with Gasteiger partial charge in [0.25, 0.3) is 0 Å². The van der Waals surface area contributed by atoms with Crippen molar-refractivity contribution in [3.05, 3.63) is 58.6 Å². The Bertz CT molecular complexity index is 911. The minimum Gasteiger partial charge on any atom is -0.497 e. The molecular formula is C22H22ClNO4. The fourth-order valence-electron chi connectivity index (χ4n) is 3.95. The molecule has 1 fully saturated rings. The van der Waals surface area contributed by atoms with Gasteiger partial charge in [-0.15, -0.1) is 0 Å². The molecule has 1 spiro atoms. The third-order valence-corrected chi connectivity index (χ3v) is 5.76. The Morgan fingerprint density at radius 3 is 2.79 bits per heavy atom. The van der Waals surface area contributed by atoms with Crippen LogP contribution >= 0.6 is 11.6 Å². The molecular weight excluding hydrogens is 378 g/mol. The highest BCUT2D eigenvalue weighted by Gasteiger charge is 2.46. The van der Waals surface area contributed by atoms with E-state index in [-0.39, 0.29) is 18.1 Å². The number of fused-ring (bicyclic) bond motifs is 1. The van der Waals surface area contributed by atoms with E-state index in [1.807, 2.05) is 29.2 Å². The summed E-state index contributed by atoms with van der Waals surface area (Å²) in [4.78, 5) is 27.2. The Morgan fingerprint density at radius 2 is 2.04 bits per heavy atom. The second-order valence-corrected chi connectivity index (χ2v) is 7.88. The maximum Gasteiger partial charge on any atom is 0.223 e. The number of benzene rings is 2. The number of hydrogen-bond donors (Lipinski definition) is 0. The predicted octanol–water partition coefficient (Wildman–Crippen LogP) is 3.92. The van der Waals surface area contributed by atoms with Crippen molar-refractivity contribution in [2.24, 2.45) is 0 Å². The fourth-order valence-corrected chi connectivity index (χ4v) is 4.07. The number of hydrogen-bond acceptors (Lipinski definition) is 4. The highest BCUT2D eigenvalue weighted by molar-refractivity contribution is 6.30. The van der Waals surface area contributed by atoms with Gasteiger partial charge >= 0.3 is 0 Å². The number of nitrogens with zero attached hydrogens (tertiary/aromatic N) is 1. The van der Waals surface area contributed by atoms with Gasteiger partial charge in [-0.3, -0.25) is 9.59 Å². The molecule has 0 aromatic heterocycles. The van der Waals surface area contributed by atoms with E-state index >= 15 is 0 Å². The molecule has 0 radical (unpaired) electrons. The highest BCUT2D eigenvalue weighted by Crippen LogP contribution is 2.40. The van der Waals surface area contributed by atoms with Crippen molar-refractivity contribution in [3.63, 3.8) is 0 Å². The first-order valence-corrected chi connectivity index (χ1v) is 9.78. The molecule has 5 nitrogen and oxygen atoms in total. The van der Waals surface area contributed by atoms with Crippen molar-refractivity contribution in [1.82, 2.24) is 4.90 Å². The van der Waals surface area contributed by atoms with E-state index in [2.05, 4.69) is 0 Å². The molecule has 28 heavy (non-hydrogen) atoms. The van der Waals surface area contributed by atoms with Crippen LogP contribution in [0.5, 0.6) is 11.5 Å². The standard InChI is InChI=1S/C22H22ClNO4/c1-27-17-7-8-20-18(12-17)19(25)13-22(28-20)10-11-24(14-22)21(26)9-4-15-2-5-16(23)6-3-15/h2-3,5-8,12H,4,9-11,13-14H2,1H3. The summed E-state index contributed by atoms with van der Waals surface area (Å²) in [5.41, 5.74) is 1.02. The smallest absolute Gasteiger partial charge is 0.223 e. The van der Waals surface area contributed by atoms with E-state index in [0.29, 0.717) is 54.4 Å². The maximum atomic E-state index is 12.7. The molecule has 2 aliphatic heterocycles. The Labute approximate surface area is 169 Å². The van der Waals surface area contributed by atoms with Crippen molar-refractivity contribution in [3.8, 4) is 11.5 Å². The molecule has 1 unspecified atom stereocenters. The summed E-state index contributed by atoms with van der Waals surface area (Å²) in [6.45, 7) is 1.06. The lowest BCUT2D eigenvalue weighted by Crippen LogP contribution is -2.45. The molecule has 2 aliphatic rings. The van der Waals surface area contributed by atoms with Crippen molar-refractivity contribution in [2.45, 2.75) is 31.3 Å². The van der Waals surface area contributed by atoms with E-state index in [9.17, 15) is 9.59 Å². The Kier molecular flexibility index (Phi) is 5.02. The molecule has 2 aromatic rings. The monoisotopic (exact) mass is 399 g/mol. The average Bonchev–Trinajstić information content (AvgIpc) is 3.10. The predicted molar refractivity (Wildman–Crippen MR) is 106 cm³/mol. The van der Waals surface area contributed by atoms with Gasteiger partial charge < -0.3 is 14.4 Å². The zero-order valence-corrected chi connectivity index (χ0v) is 16.5. The zero-order chi connectivity index (χ0) is 19.7. The van der Waals surface area contributed by atoms with Crippen LogP contribution < -0.4 is 9.47 Å². The lowest BCUT2D eigenvalue weighted by atomic mass is 9.89. The van der Waals surface area contributed by atoms with Crippen LogP contribution in [0.15, 0.2) is 42.5 Å². The third-order valence-electron chi connectivity index (χ3n) is 5.51. The molecule has 0 saturated carbocycles. The number of carbonyl (C=O) groups excluding carboxylic acids is 2. The van der Waals surface area contributed by atoms with Gasteiger partial charge in [-0.05, 0) is 42.3 Å². The summed E-state index contributed by atoms with van der Waals surface area (Å²) in [5.74, 6) is 1.34. The van der Waals surface area contributed by atoms with Crippen molar-refractivity contribution in [1.29, 1.82) is 0 Å². The molecule has 1 atom stereocenters. The van der Waals surface area contributed by atoms with Crippen LogP contribution in [0.2, 0.25) is 5.02 Å². The summed E-state index contributed by atoms with van der Waals surface area (Å²) in [5, 5.41) is 0.688. The van der Waals surface area contributed by atoms with Crippen LogP contribution in [0.4, 0.5) is 0 Å². The number of ether oxygens (including phenoxy) is 2. The summed E-state index contributed by atoms with van der Waals surface area (Å²) in [7, 11) is 1.57. The summed E-state index contributed by atoms with van der Waals surface area (Å²) in [6.07, 6.45) is 2.05. The maximum absolute atomic E-state index is 12.7.